The minimum absolute atomic E-state index is 0.445. The quantitative estimate of drug-likeness (QED) is 0.875. The van der Waals surface area contributed by atoms with E-state index in [1.165, 1.54) is 17.1 Å². The lowest BCUT2D eigenvalue weighted by atomic mass is 10.0. The van der Waals surface area contributed by atoms with Crippen molar-refractivity contribution in [3.05, 3.63) is 35.5 Å². The summed E-state index contributed by atoms with van der Waals surface area (Å²) < 4.78 is 9.74. The molecule has 0 atom stereocenters. The van der Waals surface area contributed by atoms with Gasteiger partial charge < -0.3 is 10.1 Å². The zero-order valence-electron chi connectivity index (χ0n) is 11.5. The summed E-state index contributed by atoms with van der Waals surface area (Å²) in [6.45, 7) is 7.70. The Morgan fingerprint density at radius 3 is 2.95 bits per heavy atom. The fraction of sp³-hybridized carbons (Fsp3) is 0.429. The molecule has 0 fully saturated rings. The van der Waals surface area contributed by atoms with Gasteiger partial charge in [0.2, 0.25) is 0 Å². The van der Waals surface area contributed by atoms with E-state index in [9.17, 15) is 0 Å². The van der Waals surface area contributed by atoms with Crippen LogP contribution in [-0.4, -0.2) is 16.1 Å². The topological polar surface area (TPSA) is 47.0 Å². The molecule has 1 heterocycles. The molecule has 0 bridgehead atoms. The smallest absolute Gasteiger partial charge is 0.136 e. The minimum Gasteiger partial charge on any atom is -0.487 e. The van der Waals surface area contributed by atoms with E-state index in [1.54, 1.807) is 0 Å². The number of nitrogens with zero attached hydrogens (tertiary/aromatic N) is 2. The Balaban J connectivity index is 2.02. The Labute approximate surface area is 118 Å². The highest BCUT2D eigenvalue weighted by atomic mass is 32.1. The average Bonchev–Trinajstić information content (AvgIpc) is 2.85. The summed E-state index contributed by atoms with van der Waals surface area (Å²) >= 11 is 1.37. The van der Waals surface area contributed by atoms with Gasteiger partial charge in [-0.05, 0) is 30.5 Å². The van der Waals surface area contributed by atoms with Gasteiger partial charge in [-0.3, -0.25) is 0 Å². The SMILES string of the molecule is CCNc1snnc1COc1cccc(C(C)C)c1. The fourth-order valence-corrected chi connectivity index (χ4v) is 2.35. The van der Waals surface area contributed by atoms with Gasteiger partial charge in [0, 0.05) is 18.1 Å². The lowest BCUT2D eigenvalue weighted by molar-refractivity contribution is 0.301. The first-order valence-corrected chi connectivity index (χ1v) is 7.26. The minimum atomic E-state index is 0.445. The molecule has 0 saturated heterocycles. The van der Waals surface area contributed by atoms with Gasteiger partial charge in [-0.1, -0.05) is 30.5 Å². The number of hydrogen-bond donors (Lipinski definition) is 1. The van der Waals surface area contributed by atoms with E-state index in [1.807, 2.05) is 12.1 Å². The van der Waals surface area contributed by atoms with Gasteiger partial charge in [0.15, 0.2) is 0 Å². The second-order valence-electron chi connectivity index (χ2n) is 4.59. The van der Waals surface area contributed by atoms with Crippen molar-refractivity contribution in [3.63, 3.8) is 0 Å². The highest BCUT2D eigenvalue weighted by Gasteiger charge is 2.08. The van der Waals surface area contributed by atoms with E-state index in [2.05, 4.69) is 47.8 Å². The van der Waals surface area contributed by atoms with Crippen LogP contribution in [0.3, 0.4) is 0 Å². The van der Waals surface area contributed by atoms with Crippen LogP contribution in [0.25, 0.3) is 0 Å². The number of aromatic nitrogens is 2. The van der Waals surface area contributed by atoms with Crippen LogP contribution in [0.1, 0.15) is 37.9 Å². The van der Waals surface area contributed by atoms with Gasteiger partial charge in [-0.2, -0.15) is 0 Å². The molecule has 0 radical (unpaired) electrons. The molecule has 2 aromatic rings. The number of nitrogens with one attached hydrogen (secondary N) is 1. The number of rotatable bonds is 6. The summed E-state index contributed by atoms with van der Waals surface area (Å²) in [6, 6.07) is 8.19. The molecule has 102 valence electrons. The monoisotopic (exact) mass is 277 g/mol. The molecule has 0 saturated carbocycles. The van der Waals surface area contributed by atoms with Gasteiger partial charge >= 0.3 is 0 Å². The van der Waals surface area contributed by atoms with E-state index in [0.29, 0.717) is 12.5 Å². The van der Waals surface area contributed by atoms with Gasteiger partial charge in [0.1, 0.15) is 23.1 Å². The van der Waals surface area contributed by atoms with E-state index in [0.717, 1.165) is 23.0 Å². The van der Waals surface area contributed by atoms with Crippen LogP contribution in [0.2, 0.25) is 0 Å². The third-order valence-electron chi connectivity index (χ3n) is 2.79. The molecule has 0 aliphatic rings. The number of benzene rings is 1. The van der Waals surface area contributed by atoms with Gasteiger partial charge in [0.05, 0.1) is 0 Å². The Morgan fingerprint density at radius 2 is 2.21 bits per heavy atom. The molecule has 0 spiro atoms. The van der Waals surface area contributed by atoms with Crippen LogP contribution >= 0.6 is 11.5 Å². The van der Waals surface area contributed by atoms with Crippen LogP contribution in [-0.2, 0) is 6.61 Å². The first kappa shape index (κ1) is 13.8. The molecule has 4 nitrogen and oxygen atoms in total. The van der Waals surface area contributed by atoms with Crippen molar-refractivity contribution in [3.8, 4) is 5.75 Å². The average molecular weight is 277 g/mol. The number of hydrogen-bond acceptors (Lipinski definition) is 5. The highest BCUT2D eigenvalue weighted by Crippen LogP contribution is 2.23. The first-order chi connectivity index (χ1) is 9.20. The number of anilines is 1. The molecular weight excluding hydrogens is 258 g/mol. The van der Waals surface area contributed by atoms with E-state index in [4.69, 9.17) is 4.74 Å². The zero-order chi connectivity index (χ0) is 13.7. The van der Waals surface area contributed by atoms with Crippen LogP contribution in [0.5, 0.6) is 5.75 Å². The van der Waals surface area contributed by atoms with Crippen molar-refractivity contribution >= 4 is 16.5 Å². The predicted molar refractivity (Wildman–Crippen MR) is 78.9 cm³/mol. The summed E-state index contributed by atoms with van der Waals surface area (Å²) in [6.07, 6.45) is 0. The molecule has 19 heavy (non-hydrogen) atoms. The Bertz CT molecular complexity index is 525. The van der Waals surface area contributed by atoms with Crippen LogP contribution < -0.4 is 10.1 Å². The van der Waals surface area contributed by atoms with Crippen molar-refractivity contribution in [1.29, 1.82) is 0 Å². The zero-order valence-corrected chi connectivity index (χ0v) is 12.3. The lowest BCUT2D eigenvalue weighted by Crippen LogP contribution is -2.02. The molecule has 0 aliphatic heterocycles. The maximum atomic E-state index is 5.79. The summed E-state index contributed by atoms with van der Waals surface area (Å²) in [5.41, 5.74) is 2.14. The van der Waals surface area contributed by atoms with E-state index >= 15 is 0 Å². The lowest BCUT2D eigenvalue weighted by Gasteiger charge is -2.09. The van der Waals surface area contributed by atoms with E-state index in [-0.39, 0.29) is 0 Å². The van der Waals surface area contributed by atoms with Gasteiger partial charge in [-0.25, -0.2) is 0 Å². The van der Waals surface area contributed by atoms with Crippen molar-refractivity contribution in [2.24, 2.45) is 0 Å². The van der Waals surface area contributed by atoms with Crippen molar-refractivity contribution in [2.45, 2.75) is 33.3 Å². The van der Waals surface area contributed by atoms with Crippen LogP contribution in [0.15, 0.2) is 24.3 Å². The second kappa shape index (κ2) is 6.52. The van der Waals surface area contributed by atoms with Gasteiger partial charge in [0.25, 0.3) is 0 Å². The molecule has 2 rings (SSSR count). The van der Waals surface area contributed by atoms with Crippen LogP contribution in [0, 0.1) is 0 Å². The fourth-order valence-electron chi connectivity index (χ4n) is 1.71. The largest absolute Gasteiger partial charge is 0.487 e. The number of ether oxygens (including phenoxy) is 1. The summed E-state index contributed by atoms with van der Waals surface area (Å²) in [7, 11) is 0. The Hall–Kier alpha value is -1.62. The summed E-state index contributed by atoms with van der Waals surface area (Å²) in [5.74, 6) is 1.38. The molecular formula is C14H19N3OS. The molecule has 1 N–H and O–H groups in total. The van der Waals surface area contributed by atoms with Crippen molar-refractivity contribution < 1.29 is 4.74 Å². The highest BCUT2D eigenvalue weighted by molar-refractivity contribution is 7.10. The third kappa shape index (κ3) is 3.67. The Morgan fingerprint density at radius 1 is 1.37 bits per heavy atom. The second-order valence-corrected chi connectivity index (χ2v) is 5.35. The van der Waals surface area contributed by atoms with E-state index < -0.39 is 0 Å². The van der Waals surface area contributed by atoms with Crippen molar-refractivity contribution in [1.82, 2.24) is 9.59 Å². The standard InChI is InChI=1S/C14H19N3OS/c1-4-15-14-13(16-17-19-14)9-18-12-7-5-6-11(8-12)10(2)3/h5-8,10,15H,4,9H2,1-3H3. The molecule has 5 heteroatoms. The molecule has 0 aliphatic carbocycles. The van der Waals surface area contributed by atoms with Crippen molar-refractivity contribution in [2.75, 3.05) is 11.9 Å². The normalized spacial score (nSPS) is 10.7. The maximum Gasteiger partial charge on any atom is 0.136 e. The molecule has 0 amide bonds. The summed E-state index contributed by atoms with van der Waals surface area (Å²) in [5, 5.41) is 8.31. The maximum absolute atomic E-state index is 5.79. The molecule has 0 unspecified atom stereocenters. The predicted octanol–water partition coefficient (Wildman–Crippen LogP) is 3.67. The Kier molecular flexibility index (Phi) is 4.74. The summed E-state index contributed by atoms with van der Waals surface area (Å²) in [4.78, 5) is 0. The van der Waals surface area contributed by atoms with Crippen LogP contribution in [0.4, 0.5) is 5.00 Å². The molecule has 1 aromatic heterocycles. The third-order valence-corrected chi connectivity index (χ3v) is 3.52. The first-order valence-electron chi connectivity index (χ1n) is 6.48. The van der Waals surface area contributed by atoms with Gasteiger partial charge in [-0.15, -0.1) is 5.10 Å². The molecule has 1 aromatic carbocycles.